The number of aliphatic hydroxyl groups is 1. The van der Waals surface area contributed by atoms with Crippen LogP contribution in [0.25, 0.3) is 0 Å². The number of aryl methyl sites for hydroxylation is 1. The van der Waals surface area contributed by atoms with E-state index in [1.165, 1.54) is 0 Å². The SMILES string of the molecule is Cc1ccncc1N[C@H]1COC[C@@H]1O. The summed E-state index contributed by atoms with van der Waals surface area (Å²) in [6, 6.07) is 1.92. The van der Waals surface area contributed by atoms with Gasteiger partial charge in [-0.3, -0.25) is 4.98 Å². The van der Waals surface area contributed by atoms with E-state index in [9.17, 15) is 5.11 Å². The summed E-state index contributed by atoms with van der Waals surface area (Å²) < 4.78 is 5.15. The Kier molecular flexibility index (Phi) is 2.65. The Morgan fingerprint density at radius 2 is 2.43 bits per heavy atom. The highest BCUT2D eigenvalue weighted by atomic mass is 16.5. The topological polar surface area (TPSA) is 54.4 Å². The van der Waals surface area contributed by atoms with E-state index in [1.807, 2.05) is 13.0 Å². The number of rotatable bonds is 2. The van der Waals surface area contributed by atoms with Crippen LogP contribution < -0.4 is 5.32 Å². The molecule has 1 aliphatic heterocycles. The molecule has 0 saturated carbocycles. The standard InChI is InChI=1S/C10H14N2O2/c1-7-2-3-11-4-8(7)12-9-5-14-6-10(9)13/h2-4,9-10,12-13H,5-6H2,1H3/t9-,10-/m0/s1. The molecule has 0 bridgehead atoms. The molecule has 76 valence electrons. The minimum Gasteiger partial charge on any atom is -0.388 e. The molecule has 2 rings (SSSR count). The van der Waals surface area contributed by atoms with Crippen LogP contribution in [0.5, 0.6) is 0 Å². The Bertz CT molecular complexity index is 317. The minimum absolute atomic E-state index is 0.0158. The predicted octanol–water partition coefficient (Wildman–Crippen LogP) is 0.562. The fourth-order valence-electron chi connectivity index (χ4n) is 1.50. The van der Waals surface area contributed by atoms with Crippen LogP contribution in [0.4, 0.5) is 5.69 Å². The predicted molar refractivity (Wildman–Crippen MR) is 53.2 cm³/mol. The van der Waals surface area contributed by atoms with Crippen molar-refractivity contribution in [1.29, 1.82) is 0 Å². The van der Waals surface area contributed by atoms with Crippen LogP contribution in [-0.2, 0) is 4.74 Å². The molecule has 0 unspecified atom stereocenters. The Morgan fingerprint density at radius 3 is 3.07 bits per heavy atom. The van der Waals surface area contributed by atoms with Crippen molar-refractivity contribution in [3.63, 3.8) is 0 Å². The molecule has 1 fully saturated rings. The zero-order valence-electron chi connectivity index (χ0n) is 8.10. The van der Waals surface area contributed by atoms with E-state index in [4.69, 9.17) is 4.74 Å². The summed E-state index contributed by atoms with van der Waals surface area (Å²) in [5.41, 5.74) is 2.08. The first-order valence-electron chi connectivity index (χ1n) is 4.70. The molecule has 0 spiro atoms. The van der Waals surface area contributed by atoms with Gasteiger partial charge in [0.15, 0.2) is 0 Å². The van der Waals surface area contributed by atoms with Gasteiger partial charge in [-0.25, -0.2) is 0 Å². The molecule has 0 amide bonds. The third-order valence-corrected chi connectivity index (χ3v) is 2.43. The van der Waals surface area contributed by atoms with Crippen LogP contribution in [0.15, 0.2) is 18.5 Å². The van der Waals surface area contributed by atoms with Gasteiger partial charge in [-0.15, -0.1) is 0 Å². The normalized spacial score (nSPS) is 26.4. The molecule has 1 aromatic heterocycles. The van der Waals surface area contributed by atoms with Crippen LogP contribution in [0.1, 0.15) is 5.56 Å². The van der Waals surface area contributed by atoms with Crippen molar-refractivity contribution in [3.8, 4) is 0 Å². The van der Waals surface area contributed by atoms with E-state index in [0.717, 1.165) is 11.3 Å². The third-order valence-electron chi connectivity index (χ3n) is 2.43. The zero-order valence-corrected chi connectivity index (χ0v) is 8.10. The highest BCUT2D eigenvalue weighted by molar-refractivity contribution is 5.49. The highest BCUT2D eigenvalue weighted by Crippen LogP contribution is 2.16. The molecule has 1 aliphatic rings. The highest BCUT2D eigenvalue weighted by Gasteiger charge is 2.26. The first kappa shape index (κ1) is 9.43. The second-order valence-electron chi connectivity index (χ2n) is 3.55. The maximum atomic E-state index is 9.53. The van der Waals surface area contributed by atoms with Gasteiger partial charge in [0.05, 0.1) is 37.2 Å². The summed E-state index contributed by atoms with van der Waals surface area (Å²) in [5.74, 6) is 0. The second-order valence-corrected chi connectivity index (χ2v) is 3.55. The van der Waals surface area contributed by atoms with Crippen LogP contribution in [-0.4, -0.2) is 35.5 Å². The molecule has 0 aromatic carbocycles. The molecule has 1 aromatic rings. The lowest BCUT2D eigenvalue weighted by atomic mass is 10.2. The summed E-state index contributed by atoms with van der Waals surface area (Å²) in [6.07, 6.45) is 3.09. The van der Waals surface area contributed by atoms with E-state index in [1.54, 1.807) is 12.4 Å². The van der Waals surface area contributed by atoms with Gasteiger partial charge < -0.3 is 15.2 Å². The fourth-order valence-corrected chi connectivity index (χ4v) is 1.50. The maximum Gasteiger partial charge on any atom is 0.0996 e. The second kappa shape index (κ2) is 3.94. The van der Waals surface area contributed by atoms with Gasteiger partial charge in [0.25, 0.3) is 0 Å². The molecule has 0 aliphatic carbocycles. The average Bonchev–Trinajstić information content (AvgIpc) is 2.56. The van der Waals surface area contributed by atoms with Gasteiger partial charge in [0, 0.05) is 6.20 Å². The summed E-state index contributed by atoms with van der Waals surface area (Å²) in [5, 5.41) is 12.8. The lowest BCUT2D eigenvalue weighted by Crippen LogP contribution is -2.32. The third kappa shape index (κ3) is 1.86. The van der Waals surface area contributed by atoms with E-state index in [-0.39, 0.29) is 6.04 Å². The van der Waals surface area contributed by atoms with Crippen molar-refractivity contribution in [3.05, 3.63) is 24.0 Å². The molecule has 4 nitrogen and oxygen atoms in total. The van der Waals surface area contributed by atoms with E-state index in [0.29, 0.717) is 13.2 Å². The molecule has 1 saturated heterocycles. The first-order chi connectivity index (χ1) is 6.77. The number of aromatic nitrogens is 1. The van der Waals surface area contributed by atoms with Gasteiger partial charge in [-0.2, -0.15) is 0 Å². The quantitative estimate of drug-likeness (QED) is 0.722. The largest absolute Gasteiger partial charge is 0.388 e. The molecule has 2 heterocycles. The summed E-state index contributed by atoms with van der Waals surface area (Å²) in [7, 11) is 0. The number of nitrogens with zero attached hydrogens (tertiary/aromatic N) is 1. The van der Waals surface area contributed by atoms with Crippen molar-refractivity contribution >= 4 is 5.69 Å². The molecular weight excluding hydrogens is 180 g/mol. The number of nitrogens with one attached hydrogen (secondary N) is 1. The van der Waals surface area contributed by atoms with Gasteiger partial charge in [-0.1, -0.05) is 0 Å². The Morgan fingerprint density at radius 1 is 1.57 bits per heavy atom. The Labute approximate surface area is 82.9 Å². The number of aliphatic hydroxyl groups excluding tert-OH is 1. The minimum atomic E-state index is -0.422. The number of hydrogen-bond acceptors (Lipinski definition) is 4. The van der Waals surface area contributed by atoms with Gasteiger partial charge in [0.1, 0.15) is 0 Å². The van der Waals surface area contributed by atoms with Crippen molar-refractivity contribution in [2.45, 2.75) is 19.1 Å². The fraction of sp³-hybridized carbons (Fsp3) is 0.500. The average molecular weight is 194 g/mol. The lowest BCUT2D eigenvalue weighted by Gasteiger charge is -2.16. The monoisotopic (exact) mass is 194 g/mol. The smallest absolute Gasteiger partial charge is 0.0996 e. The first-order valence-corrected chi connectivity index (χ1v) is 4.70. The molecule has 2 atom stereocenters. The van der Waals surface area contributed by atoms with Gasteiger partial charge in [-0.05, 0) is 18.6 Å². The Balaban J connectivity index is 2.07. The number of anilines is 1. The van der Waals surface area contributed by atoms with Gasteiger partial charge in [0.2, 0.25) is 0 Å². The summed E-state index contributed by atoms with van der Waals surface area (Å²) in [4.78, 5) is 4.03. The summed E-state index contributed by atoms with van der Waals surface area (Å²) in [6.45, 7) is 2.97. The zero-order chi connectivity index (χ0) is 9.97. The van der Waals surface area contributed by atoms with Crippen LogP contribution in [0, 0.1) is 6.92 Å². The molecule has 4 heteroatoms. The van der Waals surface area contributed by atoms with E-state index < -0.39 is 6.10 Å². The molecule has 14 heavy (non-hydrogen) atoms. The van der Waals surface area contributed by atoms with Crippen molar-refractivity contribution in [2.75, 3.05) is 18.5 Å². The van der Waals surface area contributed by atoms with Crippen molar-refractivity contribution in [2.24, 2.45) is 0 Å². The number of hydrogen-bond donors (Lipinski definition) is 2. The number of pyridine rings is 1. The van der Waals surface area contributed by atoms with E-state index in [2.05, 4.69) is 10.3 Å². The summed E-state index contributed by atoms with van der Waals surface area (Å²) >= 11 is 0. The van der Waals surface area contributed by atoms with E-state index >= 15 is 0 Å². The molecular formula is C10H14N2O2. The number of ether oxygens (including phenoxy) is 1. The van der Waals surface area contributed by atoms with Crippen LogP contribution >= 0.6 is 0 Å². The molecule has 0 radical (unpaired) electrons. The molecule has 2 N–H and O–H groups in total. The van der Waals surface area contributed by atoms with Crippen molar-refractivity contribution in [1.82, 2.24) is 4.98 Å². The maximum absolute atomic E-state index is 9.53. The van der Waals surface area contributed by atoms with Crippen molar-refractivity contribution < 1.29 is 9.84 Å². The van der Waals surface area contributed by atoms with Crippen LogP contribution in [0.2, 0.25) is 0 Å². The lowest BCUT2D eigenvalue weighted by molar-refractivity contribution is 0.125. The van der Waals surface area contributed by atoms with Crippen LogP contribution in [0.3, 0.4) is 0 Å². The van der Waals surface area contributed by atoms with Gasteiger partial charge >= 0.3 is 0 Å². The Hall–Kier alpha value is -1.13.